The Hall–Kier alpha value is -0.0400. The topological polar surface area (TPSA) is 26.0 Å². The molecule has 25 heavy (non-hydrogen) atoms. The summed E-state index contributed by atoms with van der Waals surface area (Å²) >= 11 is 0. The normalized spacial score (nSPS) is 61.0. The predicted octanol–water partition coefficient (Wildman–Crippen LogP) is 6.16. The van der Waals surface area contributed by atoms with Gasteiger partial charge in [0.15, 0.2) is 0 Å². The Kier molecular flexibility index (Phi) is 3.75. The van der Waals surface area contributed by atoms with Crippen LogP contribution in [0.25, 0.3) is 0 Å². The molecule has 9 atom stereocenters. The van der Waals surface area contributed by atoms with Gasteiger partial charge in [-0.05, 0) is 116 Å². The molecule has 2 N–H and O–H groups in total. The number of rotatable bonds is 0. The molecule has 0 amide bonds. The summed E-state index contributed by atoms with van der Waals surface area (Å²) in [4.78, 5) is 0. The Morgan fingerprint density at radius 3 is 2.44 bits per heavy atom. The van der Waals surface area contributed by atoms with Gasteiger partial charge in [-0.15, -0.1) is 0 Å². The minimum atomic E-state index is 0.513. The lowest BCUT2D eigenvalue weighted by Crippen LogP contribution is -2.58. The van der Waals surface area contributed by atoms with Crippen molar-refractivity contribution in [1.82, 2.24) is 0 Å². The van der Waals surface area contributed by atoms with E-state index in [1.807, 2.05) is 0 Å². The van der Waals surface area contributed by atoms with Gasteiger partial charge in [0, 0.05) is 6.04 Å². The molecule has 0 radical (unpaired) electrons. The maximum absolute atomic E-state index is 6.38. The molecule has 0 bridgehead atoms. The first-order valence-corrected chi connectivity index (χ1v) is 11.6. The lowest BCUT2D eigenvalue weighted by Gasteiger charge is -2.66. The summed E-state index contributed by atoms with van der Waals surface area (Å²) in [6.07, 6.45) is 17.9. The van der Waals surface area contributed by atoms with Crippen LogP contribution >= 0.6 is 0 Å². The largest absolute Gasteiger partial charge is 0.328 e. The highest BCUT2D eigenvalue weighted by Gasteiger charge is 2.64. The van der Waals surface area contributed by atoms with E-state index >= 15 is 0 Å². The lowest BCUT2D eigenvalue weighted by molar-refractivity contribution is -0.167. The van der Waals surface area contributed by atoms with Gasteiger partial charge in [0.25, 0.3) is 0 Å². The van der Waals surface area contributed by atoms with Gasteiger partial charge in [0.2, 0.25) is 0 Å². The van der Waals surface area contributed by atoms with Gasteiger partial charge in [-0.1, -0.05) is 27.2 Å². The van der Waals surface area contributed by atoms with E-state index in [2.05, 4.69) is 20.8 Å². The van der Waals surface area contributed by atoms with Crippen LogP contribution in [0.5, 0.6) is 0 Å². The van der Waals surface area contributed by atoms with Crippen LogP contribution in [-0.2, 0) is 0 Å². The molecule has 5 saturated carbocycles. The Bertz CT molecular complexity index is 542. The fourth-order valence-corrected chi connectivity index (χ4v) is 9.66. The molecule has 5 aliphatic rings. The average Bonchev–Trinajstić information content (AvgIpc) is 2.95. The Morgan fingerprint density at radius 1 is 0.800 bits per heavy atom. The summed E-state index contributed by atoms with van der Waals surface area (Å²) in [7, 11) is 0. The van der Waals surface area contributed by atoms with Gasteiger partial charge < -0.3 is 5.73 Å². The van der Waals surface area contributed by atoms with Crippen LogP contribution in [0.3, 0.4) is 0 Å². The number of hydrogen-bond acceptors (Lipinski definition) is 1. The third kappa shape index (κ3) is 2.17. The molecular weight excluding hydrogens is 302 g/mol. The van der Waals surface area contributed by atoms with E-state index in [1.165, 1.54) is 51.4 Å². The molecule has 142 valence electrons. The number of fused-ring (bicyclic) bond motifs is 4. The van der Waals surface area contributed by atoms with Crippen molar-refractivity contribution in [3.8, 4) is 0 Å². The van der Waals surface area contributed by atoms with Crippen molar-refractivity contribution in [3.63, 3.8) is 0 Å². The van der Waals surface area contributed by atoms with Crippen LogP contribution in [0.2, 0.25) is 0 Å². The first-order valence-electron chi connectivity index (χ1n) is 11.6. The summed E-state index contributed by atoms with van der Waals surface area (Å²) in [6.45, 7) is 7.93. The molecule has 5 aliphatic carbocycles. The molecule has 9 unspecified atom stereocenters. The maximum Gasteiger partial charge on any atom is 0.00418 e. The quantitative estimate of drug-likeness (QED) is 0.560. The summed E-state index contributed by atoms with van der Waals surface area (Å²) < 4.78 is 0. The second kappa shape index (κ2) is 5.49. The van der Waals surface area contributed by atoms with Crippen molar-refractivity contribution >= 4 is 0 Å². The van der Waals surface area contributed by atoms with E-state index in [1.54, 1.807) is 25.7 Å². The van der Waals surface area contributed by atoms with Crippen LogP contribution in [-0.4, -0.2) is 6.04 Å². The zero-order valence-electron chi connectivity index (χ0n) is 17.0. The molecule has 1 nitrogen and oxygen atoms in total. The van der Waals surface area contributed by atoms with E-state index in [0.29, 0.717) is 16.9 Å². The highest BCUT2D eigenvalue weighted by Crippen LogP contribution is 2.72. The number of hydrogen-bond donors (Lipinski definition) is 1. The monoisotopic (exact) mass is 343 g/mol. The molecule has 5 rings (SSSR count). The van der Waals surface area contributed by atoms with Crippen molar-refractivity contribution in [1.29, 1.82) is 0 Å². The average molecular weight is 344 g/mol. The Morgan fingerprint density at radius 2 is 1.60 bits per heavy atom. The molecule has 0 saturated heterocycles. The maximum atomic E-state index is 6.38. The van der Waals surface area contributed by atoms with Gasteiger partial charge in [0.1, 0.15) is 0 Å². The minimum Gasteiger partial charge on any atom is -0.328 e. The van der Waals surface area contributed by atoms with Gasteiger partial charge in [-0.2, -0.15) is 0 Å². The van der Waals surface area contributed by atoms with Crippen molar-refractivity contribution < 1.29 is 0 Å². The van der Waals surface area contributed by atoms with Gasteiger partial charge in [-0.3, -0.25) is 0 Å². The van der Waals surface area contributed by atoms with Crippen LogP contribution in [0.15, 0.2) is 0 Å². The molecule has 1 spiro atoms. The van der Waals surface area contributed by atoms with Crippen molar-refractivity contribution in [2.45, 2.75) is 104 Å². The summed E-state index contributed by atoms with van der Waals surface area (Å²) in [6, 6.07) is 0.513. The molecular formula is C24H41N. The summed E-state index contributed by atoms with van der Waals surface area (Å²) in [5, 5.41) is 0. The predicted molar refractivity (Wildman–Crippen MR) is 105 cm³/mol. The molecule has 0 aliphatic heterocycles. The van der Waals surface area contributed by atoms with Gasteiger partial charge >= 0.3 is 0 Å². The Labute approximate surface area is 155 Å². The van der Waals surface area contributed by atoms with Crippen molar-refractivity contribution in [2.24, 2.45) is 51.6 Å². The Balaban J connectivity index is 1.46. The molecule has 1 heteroatoms. The lowest BCUT2D eigenvalue weighted by atomic mass is 9.39. The second-order valence-corrected chi connectivity index (χ2v) is 11.8. The zero-order chi connectivity index (χ0) is 17.4. The van der Waals surface area contributed by atoms with E-state index in [-0.39, 0.29) is 0 Å². The third-order valence-electron chi connectivity index (χ3n) is 11.1. The standard InChI is InChI=1S/C24H41N/c1-16-6-11-23(3)20-9-13-24-12-7-18(25)14-17(24)4-5-21(24)19(20)8-10-22(23,2)15-16/h16-21H,4-15,25H2,1-3H3. The third-order valence-corrected chi connectivity index (χ3v) is 11.1. The fraction of sp³-hybridized carbons (Fsp3) is 1.00. The molecule has 0 aromatic rings. The van der Waals surface area contributed by atoms with E-state index in [9.17, 15) is 0 Å². The summed E-state index contributed by atoms with van der Waals surface area (Å²) in [5.41, 5.74) is 8.37. The van der Waals surface area contributed by atoms with Crippen molar-refractivity contribution in [2.75, 3.05) is 0 Å². The van der Waals surface area contributed by atoms with Gasteiger partial charge in [0.05, 0.1) is 0 Å². The first-order chi connectivity index (χ1) is 11.9. The van der Waals surface area contributed by atoms with E-state index in [4.69, 9.17) is 5.73 Å². The first kappa shape index (κ1) is 17.1. The van der Waals surface area contributed by atoms with Crippen LogP contribution in [0.4, 0.5) is 0 Å². The highest BCUT2D eigenvalue weighted by atomic mass is 14.7. The molecule has 0 aromatic carbocycles. The SMILES string of the molecule is CC1CCC2(C)C3CCC45CCC(N)CC4CCC5C3CCC2(C)C1. The highest BCUT2D eigenvalue weighted by molar-refractivity contribution is 5.14. The van der Waals surface area contributed by atoms with Crippen LogP contribution in [0, 0.1) is 45.8 Å². The van der Waals surface area contributed by atoms with Crippen LogP contribution < -0.4 is 5.73 Å². The molecule has 0 aromatic heterocycles. The van der Waals surface area contributed by atoms with Gasteiger partial charge in [-0.25, -0.2) is 0 Å². The van der Waals surface area contributed by atoms with E-state index < -0.39 is 0 Å². The fourth-order valence-electron chi connectivity index (χ4n) is 9.66. The second-order valence-electron chi connectivity index (χ2n) is 11.8. The van der Waals surface area contributed by atoms with E-state index in [0.717, 1.165) is 35.0 Å². The smallest absolute Gasteiger partial charge is 0.00418 e. The minimum absolute atomic E-state index is 0.513. The number of nitrogens with two attached hydrogens (primary N) is 1. The molecule has 0 heterocycles. The summed E-state index contributed by atoms with van der Waals surface area (Å²) in [5.74, 6) is 5.09. The molecule has 5 fully saturated rings. The zero-order valence-corrected chi connectivity index (χ0v) is 17.0. The van der Waals surface area contributed by atoms with Crippen molar-refractivity contribution in [3.05, 3.63) is 0 Å². The van der Waals surface area contributed by atoms with Crippen LogP contribution in [0.1, 0.15) is 97.8 Å².